The number of rotatable bonds is 6. The fourth-order valence-corrected chi connectivity index (χ4v) is 3.35. The van der Waals surface area contributed by atoms with Gasteiger partial charge in [0.1, 0.15) is 5.82 Å². The van der Waals surface area contributed by atoms with Crippen LogP contribution < -0.4 is 5.73 Å². The van der Waals surface area contributed by atoms with Gasteiger partial charge in [-0.25, -0.2) is 4.39 Å². The lowest BCUT2D eigenvalue weighted by Gasteiger charge is -2.21. The quantitative estimate of drug-likeness (QED) is 0.884. The van der Waals surface area contributed by atoms with Crippen molar-refractivity contribution in [3.8, 4) is 0 Å². The predicted molar refractivity (Wildman–Crippen MR) is 87.0 cm³/mol. The van der Waals surface area contributed by atoms with Gasteiger partial charge in [-0.05, 0) is 43.0 Å². The largest absolute Gasteiger partial charge is 0.366 e. The summed E-state index contributed by atoms with van der Waals surface area (Å²) in [4.78, 5) is 26.2. The van der Waals surface area contributed by atoms with Crippen LogP contribution in [0.3, 0.4) is 0 Å². The molecule has 6 heteroatoms. The van der Waals surface area contributed by atoms with Crippen molar-refractivity contribution in [2.75, 3.05) is 6.54 Å². The molecule has 2 N–H and O–H groups in total. The molecule has 2 aromatic rings. The first kappa shape index (κ1) is 15.7. The molecule has 1 aliphatic rings. The number of amides is 2. The molecular formula is C17H17FN2O2S. The second-order valence-electron chi connectivity index (χ2n) is 5.67. The highest BCUT2D eigenvalue weighted by Gasteiger charge is 2.33. The third kappa shape index (κ3) is 3.76. The topological polar surface area (TPSA) is 63.4 Å². The lowest BCUT2D eigenvalue weighted by atomic mass is 10.1. The molecule has 0 unspecified atom stereocenters. The molecule has 0 spiro atoms. The number of primary amides is 1. The molecule has 23 heavy (non-hydrogen) atoms. The number of benzene rings is 1. The van der Waals surface area contributed by atoms with E-state index < -0.39 is 5.91 Å². The Labute approximate surface area is 137 Å². The van der Waals surface area contributed by atoms with Crippen LogP contribution in [0, 0.1) is 5.82 Å². The first-order chi connectivity index (χ1) is 11.0. The fraction of sp³-hybridized carbons (Fsp3) is 0.294. The van der Waals surface area contributed by atoms with E-state index in [1.165, 1.54) is 23.5 Å². The van der Waals surface area contributed by atoms with Crippen molar-refractivity contribution < 1.29 is 14.0 Å². The van der Waals surface area contributed by atoms with Crippen molar-refractivity contribution in [1.82, 2.24) is 4.90 Å². The van der Waals surface area contributed by atoms with Crippen LogP contribution in [0.15, 0.2) is 35.7 Å². The van der Waals surface area contributed by atoms with Crippen LogP contribution in [0.5, 0.6) is 0 Å². The number of nitrogens with two attached hydrogens (primary N) is 1. The summed E-state index contributed by atoms with van der Waals surface area (Å²) in [5, 5.41) is 1.60. The van der Waals surface area contributed by atoms with Gasteiger partial charge in [0.15, 0.2) is 0 Å². The molecule has 1 aromatic heterocycles. The molecule has 0 aliphatic heterocycles. The Hall–Kier alpha value is -2.21. The average Bonchev–Trinajstić information content (AvgIpc) is 3.22. The summed E-state index contributed by atoms with van der Waals surface area (Å²) in [5.74, 6) is -0.879. The number of nitrogens with zero attached hydrogens (tertiary/aromatic N) is 1. The van der Waals surface area contributed by atoms with Gasteiger partial charge in [-0.15, -0.1) is 11.3 Å². The third-order valence-electron chi connectivity index (χ3n) is 3.87. The summed E-state index contributed by atoms with van der Waals surface area (Å²) < 4.78 is 13.2. The van der Waals surface area contributed by atoms with Crippen LogP contribution in [0.2, 0.25) is 0 Å². The number of hydrogen-bond acceptors (Lipinski definition) is 3. The van der Waals surface area contributed by atoms with Crippen molar-refractivity contribution >= 4 is 23.2 Å². The van der Waals surface area contributed by atoms with Crippen LogP contribution in [-0.4, -0.2) is 29.3 Å². The molecule has 1 aliphatic carbocycles. The number of carbonyl (C=O) groups excluding carboxylic acids is 2. The predicted octanol–water partition coefficient (Wildman–Crippen LogP) is 2.83. The maximum Gasteiger partial charge on any atom is 0.264 e. The minimum Gasteiger partial charge on any atom is -0.366 e. The van der Waals surface area contributed by atoms with E-state index in [1.807, 2.05) is 11.0 Å². The zero-order valence-electron chi connectivity index (χ0n) is 12.5. The Morgan fingerprint density at radius 2 is 2.09 bits per heavy atom. The van der Waals surface area contributed by atoms with E-state index in [0.29, 0.717) is 23.4 Å². The van der Waals surface area contributed by atoms with E-state index in [4.69, 9.17) is 5.73 Å². The SMILES string of the molecule is NC(=O)c1csc(C(=O)N(CCc2cccc(F)c2)C2CC2)c1. The summed E-state index contributed by atoms with van der Waals surface area (Å²) in [7, 11) is 0. The molecule has 1 heterocycles. The van der Waals surface area contributed by atoms with Crippen molar-refractivity contribution in [3.05, 3.63) is 57.5 Å². The van der Waals surface area contributed by atoms with Crippen LogP contribution in [-0.2, 0) is 6.42 Å². The summed E-state index contributed by atoms with van der Waals surface area (Å²) in [5.41, 5.74) is 6.46. The molecule has 0 atom stereocenters. The lowest BCUT2D eigenvalue weighted by molar-refractivity contribution is 0.0750. The lowest BCUT2D eigenvalue weighted by Crippen LogP contribution is -2.34. The molecule has 0 saturated heterocycles. The first-order valence-electron chi connectivity index (χ1n) is 7.48. The highest BCUT2D eigenvalue weighted by atomic mass is 32.1. The van der Waals surface area contributed by atoms with Crippen LogP contribution in [0.4, 0.5) is 4.39 Å². The maximum atomic E-state index is 13.2. The zero-order valence-corrected chi connectivity index (χ0v) is 13.3. The van der Waals surface area contributed by atoms with Gasteiger partial charge in [-0.1, -0.05) is 12.1 Å². The monoisotopic (exact) mass is 332 g/mol. The van der Waals surface area contributed by atoms with E-state index in [1.54, 1.807) is 17.5 Å². The molecule has 120 valence electrons. The van der Waals surface area contributed by atoms with Gasteiger partial charge in [0.05, 0.1) is 10.4 Å². The van der Waals surface area contributed by atoms with Gasteiger partial charge >= 0.3 is 0 Å². The Kier molecular flexibility index (Phi) is 4.43. The van der Waals surface area contributed by atoms with Crippen LogP contribution in [0.1, 0.15) is 38.4 Å². The Bertz CT molecular complexity index is 740. The summed E-state index contributed by atoms with van der Waals surface area (Å²) in [6.45, 7) is 0.538. The van der Waals surface area contributed by atoms with Crippen LogP contribution in [0.25, 0.3) is 0 Å². The number of thiophene rings is 1. The van der Waals surface area contributed by atoms with Gasteiger partial charge in [0.2, 0.25) is 5.91 Å². The molecule has 4 nitrogen and oxygen atoms in total. The van der Waals surface area contributed by atoms with E-state index in [0.717, 1.165) is 18.4 Å². The van der Waals surface area contributed by atoms with Crippen molar-refractivity contribution in [2.24, 2.45) is 5.73 Å². The van der Waals surface area contributed by atoms with Crippen molar-refractivity contribution in [1.29, 1.82) is 0 Å². The van der Waals surface area contributed by atoms with Crippen LogP contribution >= 0.6 is 11.3 Å². The van der Waals surface area contributed by atoms with E-state index in [2.05, 4.69) is 0 Å². The molecule has 3 rings (SSSR count). The van der Waals surface area contributed by atoms with Gasteiger partial charge in [-0.3, -0.25) is 9.59 Å². The zero-order chi connectivity index (χ0) is 16.4. The molecule has 1 aromatic carbocycles. The van der Waals surface area contributed by atoms with E-state index in [9.17, 15) is 14.0 Å². The highest BCUT2D eigenvalue weighted by Crippen LogP contribution is 2.29. The van der Waals surface area contributed by atoms with Crippen molar-refractivity contribution in [2.45, 2.75) is 25.3 Å². The smallest absolute Gasteiger partial charge is 0.264 e. The summed E-state index contributed by atoms with van der Waals surface area (Å²) in [6, 6.07) is 8.22. The normalized spacial score (nSPS) is 13.8. The highest BCUT2D eigenvalue weighted by molar-refractivity contribution is 7.12. The number of hydrogen-bond donors (Lipinski definition) is 1. The first-order valence-corrected chi connectivity index (χ1v) is 8.36. The molecule has 1 saturated carbocycles. The molecule has 1 fully saturated rings. The Morgan fingerprint density at radius 1 is 1.30 bits per heavy atom. The second kappa shape index (κ2) is 6.50. The Balaban J connectivity index is 1.70. The minimum atomic E-state index is -0.530. The standard InChI is InChI=1S/C17H17FN2O2S/c18-13-3-1-2-11(8-13)6-7-20(14-4-5-14)17(22)15-9-12(10-23-15)16(19)21/h1-3,8-10,14H,4-7H2,(H2,19,21). The van der Waals surface area contributed by atoms with Gasteiger partial charge in [0, 0.05) is 18.0 Å². The molecule has 0 bridgehead atoms. The molecule has 0 radical (unpaired) electrons. The van der Waals surface area contributed by atoms with Gasteiger partial charge in [-0.2, -0.15) is 0 Å². The maximum absolute atomic E-state index is 13.2. The summed E-state index contributed by atoms with van der Waals surface area (Å²) in [6.07, 6.45) is 2.58. The second-order valence-corrected chi connectivity index (χ2v) is 6.58. The van der Waals surface area contributed by atoms with E-state index >= 15 is 0 Å². The fourth-order valence-electron chi connectivity index (χ4n) is 2.50. The molecular weight excluding hydrogens is 315 g/mol. The summed E-state index contributed by atoms with van der Waals surface area (Å²) >= 11 is 1.23. The van der Waals surface area contributed by atoms with Crippen molar-refractivity contribution in [3.63, 3.8) is 0 Å². The van der Waals surface area contributed by atoms with E-state index in [-0.39, 0.29) is 17.8 Å². The number of carbonyl (C=O) groups is 2. The Morgan fingerprint density at radius 3 is 2.70 bits per heavy atom. The molecule has 2 amide bonds. The van der Waals surface area contributed by atoms with Gasteiger partial charge in [0.25, 0.3) is 5.91 Å². The third-order valence-corrected chi connectivity index (χ3v) is 4.79. The number of halogens is 1. The average molecular weight is 332 g/mol. The minimum absolute atomic E-state index is 0.0820. The van der Waals surface area contributed by atoms with Gasteiger partial charge < -0.3 is 10.6 Å².